The molecule has 0 amide bonds. The van der Waals surface area contributed by atoms with Crippen molar-refractivity contribution in [3.63, 3.8) is 0 Å². The van der Waals surface area contributed by atoms with E-state index in [1.807, 2.05) is 31.2 Å². The summed E-state index contributed by atoms with van der Waals surface area (Å²) < 4.78 is 22.7. The van der Waals surface area contributed by atoms with Crippen molar-refractivity contribution in [3.8, 4) is 0 Å². The predicted molar refractivity (Wildman–Crippen MR) is 67.7 cm³/mol. The quantitative estimate of drug-likeness (QED) is 0.885. The Morgan fingerprint density at radius 2 is 2.12 bits per heavy atom. The maximum atomic E-state index is 11.4. The van der Waals surface area contributed by atoms with Crippen molar-refractivity contribution < 1.29 is 13.5 Å². The molecule has 1 aromatic rings. The van der Waals surface area contributed by atoms with Crippen LogP contribution in [0.3, 0.4) is 0 Å². The van der Waals surface area contributed by atoms with Gasteiger partial charge in [-0.05, 0) is 30.9 Å². The molecule has 3 nitrogen and oxygen atoms in total. The molecule has 2 rings (SSSR count). The lowest BCUT2D eigenvalue weighted by Crippen LogP contribution is -2.24. The van der Waals surface area contributed by atoms with Crippen LogP contribution in [-0.4, -0.2) is 31.1 Å². The summed E-state index contributed by atoms with van der Waals surface area (Å²) in [6.07, 6.45) is 0.593. The van der Waals surface area contributed by atoms with Crippen molar-refractivity contribution >= 4 is 9.84 Å². The van der Waals surface area contributed by atoms with E-state index in [1.54, 1.807) is 0 Å². The largest absolute Gasteiger partial charge is 0.392 e. The highest BCUT2D eigenvalue weighted by Crippen LogP contribution is 2.24. The molecule has 0 aromatic heterocycles. The van der Waals surface area contributed by atoms with Crippen LogP contribution in [0.4, 0.5) is 0 Å². The smallest absolute Gasteiger partial charge is 0.150 e. The number of aryl methyl sites for hydroxylation is 1. The highest BCUT2D eigenvalue weighted by atomic mass is 32.2. The molecule has 2 atom stereocenters. The van der Waals surface area contributed by atoms with Crippen LogP contribution >= 0.6 is 0 Å². The van der Waals surface area contributed by atoms with Crippen LogP contribution in [0.1, 0.15) is 17.5 Å². The topological polar surface area (TPSA) is 54.4 Å². The first-order chi connectivity index (χ1) is 7.98. The SMILES string of the molecule is Cc1ccccc1CC(O)C1CCS(=O)(=O)C1. The van der Waals surface area contributed by atoms with Crippen molar-refractivity contribution in [2.24, 2.45) is 5.92 Å². The molecule has 1 aromatic carbocycles. The van der Waals surface area contributed by atoms with Crippen LogP contribution in [-0.2, 0) is 16.3 Å². The molecule has 0 saturated carbocycles. The second-order valence-corrected chi connectivity index (χ2v) is 7.09. The van der Waals surface area contributed by atoms with Gasteiger partial charge in [0.15, 0.2) is 9.84 Å². The highest BCUT2D eigenvalue weighted by Gasteiger charge is 2.32. The summed E-state index contributed by atoms with van der Waals surface area (Å²) in [5.41, 5.74) is 2.25. The number of sulfone groups is 1. The van der Waals surface area contributed by atoms with Gasteiger partial charge < -0.3 is 5.11 Å². The lowest BCUT2D eigenvalue weighted by molar-refractivity contribution is 0.120. The van der Waals surface area contributed by atoms with E-state index < -0.39 is 15.9 Å². The summed E-state index contributed by atoms with van der Waals surface area (Å²) in [5, 5.41) is 10.1. The molecule has 1 N–H and O–H groups in total. The number of hydrogen-bond acceptors (Lipinski definition) is 3. The third kappa shape index (κ3) is 3.07. The summed E-state index contributed by atoms with van der Waals surface area (Å²) >= 11 is 0. The number of rotatable bonds is 3. The van der Waals surface area contributed by atoms with Gasteiger partial charge in [0.2, 0.25) is 0 Å². The summed E-state index contributed by atoms with van der Waals surface area (Å²) in [5.74, 6) is 0.266. The maximum absolute atomic E-state index is 11.4. The Hall–Kier alpha value is -0.870. The van der Waals surface area contributed by atoms with Crippen LogP contribution in [0.2, 0.25) is 0 Å². The molecule has 0 aliphatic carbocycles. The predicted octanol–water partition coefficient (Wildman–Crippen LogP) is 1.33. The summed E-state index contributed by atoms with van der Waals surface area (Å²) in [4.78, 5) is 0. The normalized spacial score (nSPS) is 24.7. The molecule has 17 heavy (non-hydrogen) atoms. The molecule has 1 aliphatic heterocycles. The maximum Gasteiger partial charge on any atom is 0.150 e. The zero-order valence-corrected chi connectivity index (χ0v) is 10.8. The fraction of sp³-hybridized carbons (Fsp3) is 0.538. The van der Waals surface area contributed by atoms with Gasteiger partial charge >= 0.3 is 0 Å². The third-order valence-electron chi connectivity index (χ3n) is 3.50. The average Bonchev–Trinajstić information content (AvgIpc) is 2.62. The van der Waals surface area contributed by atoms with Gasteiger partial charge in [0, 0.05) is 5.92 Å². The molecule has 0 radical (unpaired) electrons. The number of hydrogen-bond donors (Lipinski definition) is 1. The Bertz CT molecular complexity index is 493. The van der Waals surface area contributed by atoms with Crippen LogP contribution < -0.4 is 0 Å². The fourth-order valence-electron chi connectivity index (χ4n) is 2.36. The van der Waals surface area contributed by atoms with E-state index >= 15 is 0 Å². The molecule has 94 valence electrons. The summed E-state index contributed by atoms with van der Waals surface area (Å²) in [6.45, 7) is 2.01. The van der Waals surface area contributed by atoms with Crippen LogP contribution in [0.25, 0.3) is 0 Å². The zero-order valence-electron chi connectivity index (χ0n) is 9.96. The average molecular weight is 254 g/mol. The Balaban J connectivity index is 2.03. The molecule has 1 aliphatic rings. The number of aliphatic hydroxyl groups excluding tert-OH is 1. The lowest BCUT2D eigenvalue weighted by Gasteiger charge is -2.17. The summed E-state index contributed by atoms with van der Waals surface area (Å²) in [7, 11) is -2.90. The molecule has 4 heteroatoms. The Labute approximate surface area is 102 Å². The minimum Gasteiger partial charge on any atom is -0.392 e. The minimum atomic E-state index is -2.90. The summed E-state index contributed by atoms with van der Waals surface area (Å²) in [6, 6.07) is 7.90. The monoisotopic (exact) mass is 254 g/mol. The fourth-order valence-corrected chi connectivity index (χ4v) is 4.23. The number of aliphatic hydroxyl groups is 1. The van der Waals surface area contributed by atoms with Gasteiger partial charge in [-0.3, -0.25) is 0 Å². The molecule has 1 heterocycles. The first kappa shape index (κ1) is 12.6. The van der Waals surface area contributed by atoms with Crippen molar-refractivity contribution in [2.45, 2.75) is 25.9 Å². The third-order valence-corrected chi connectivity index (χ3v) is 5.30. The van der Waals surface area contributed by atoms with Gasteiger partial charge in [-0.1, -0.05) is 24.3 Å². The number of benzene rings is 1. The Morgan fingerprint density at radius 3 is 2.71 bits per heavy atom. The van der Waals surface area contributed by atoms with Crippen molar-refractivity contribution in [3.05, 3.63) is 35.4 Å². The standard InChI is InChI=1S/C13H18O3S/c1-10-4-2-3-5-11(10)8-13(14)12-6-7-17(15,16)9-12/h2-5,12-14H,6-9H2,1H3. The van der Waals surface area contributed by atoms with Crippen LogP contribution in [0.15, 0.2) is 24.3 Å². The van der Waals surface area contributed by atoms with E-state index in [1.165, 1.54) is 0 Å². The second-order valence-electron chi connectivity index (χ2n) is 4.86. The van der Waals surface area contributed by atoms with Gasteiger partial charge in [0.25, 0.3) is 0 Å². The van der Waals surface area contributed by atoms with E-state index in [2.05, 4.69) is 0 Å². The van der Waals surface area contributed by atoms with Gasteiger partial charge in [0.1, 0.15) is 0 Å². The van der Waals surface area contributed by atoms with Gasteiger partial charge in [0.05, 0.1) is 17.6 Å². The van der Waals surface area contributed by atoms with Crippen molar-refractivity contribution in [1.29, 1.82) is 0 Å². The van der Waals surface area contributed by atoms with Gasteiger partial charge in [-0.15, -0.1) is 0 Å². The van der Waals surface area contributed by atoms with Gasteiger partial charge in [-0.2, -0.15) is 0 Å². The van der Waals surface area contributed by atoms with Crippen LogP contribution in [0.5, 0.6) is 0 Å². The molecule has 1 saturated heterocycles. The second kappa shape index (κ2) is 4.78. The van der Waals surface area contributed by atoms with E-state index in [9.17, 15) is 13.5 Å². The van der Waals surface area contributed by atoms with E-state index in [0.29, 0.717) is 12.8 Å². The van der Waals surface area contributed by atoms with Crippen LogP contribution in [0, 0.1) is 12.8 Å². The Morgan fingerprint density at radius 1 is 1.41 bits per heavy atom. The first-order valence-electron chi connectivity index (χ1n) is 5.91. The molecule has 0 spiro atoms. The van der Waals surface area contributed by atoms with E-state index in [0.717, 1.165) is 11.1 Å². The zero-order chi connectivity index (χ0) is 12.5. The minimum absolute atomic E-state index is 0.0976. The molecule has 1 fully saturated rings. The Kier molecular flexibility index (Phi) is 3.54. The molecular weight excluding hydrogens is 236 g/mol. The van der Waals surface area contributed by atoms with E-state index in [-0.39, 0.29) is 17.4 Å². The first-order valence-corrected chi connectivity index (χ1v) is 7.73. The van der Waals surface area contributed by atoms with Crippen molar-refractivity contribution in [1.82, 2.24) is 0 Å². The van der Waals surface area contributed by atoms with E-state index in [4.69, 9.17) is 0 Å². The molecule has 0 bridgehead atoms. The molecule has 2 unspecified atom stereocenters. The molecular formula is C13H18O3S. The highest BCUT2D eigenvalue weighted by molar-refractivity contribution is 7.91. The lowest BCUT2D eigenvalue weighted by atomic mass is 9.94. The van der Waals surface area contributed by atoms with Crippen molar-refractivity contribution in [2.75, 3.05) is 11.5 Å². The van der Waals surface area contributed by atoms with Gasteiger partial charge in [-0.25, -0.2) is 8.42 Å².